The Hall–Kier alpha value is -2.21. The van der Waals surface area contributed by atoms with Crippen LogP contribution in [-0.4, -0.2) is 45.0 Å². The first-order valence-electron chi connectivity index (χ1n) is 9.08. The highest BCUT2D eigenvalue weighted by molar-refractivity contribution is 5.90. The summed E-state index contributed by atoms with van der Waals surface area (Å²) in [5.74, 6) is 1.78. The van der Waals surface area contributed by atoms with Gasteiger partial charge in [-0.05, 0) is 51.9 Å². The first-order chi connectivity index (χ1) is 12.1. The van der Waals surface area contributed by atoms with Gasteiger partial charge in [-0.1, -0.05) is 0 Å². The van der Waals surface area contributed by atoms with Gasteiger partial charge in [-0.3, -0.25) is 9.78 Å². The molecule has 25 heavy (non-hydrogen) atoms. The molecule has 0 unspecified atom stereocenters. The topological polar surface area (TPSA) is 63.1 Å². The lowest BCUT2D eigenvalue weighted by atomic mass is 9.95. The number of pyridine rings is 1. The zero-order chi connectivity index (χ0) is 17.6. The second-order valence-corrected chi connectivity index (χ2v) is 6.94. The third-order valence-electron chi connectivity index (χ3n) is 4.81. The second-order valence-electron chi connectivity index (χ2n) is 6.94. The standard InChI is InChI=1S/C19H27N5O/c1-15(2)24-13-9-21-19(24)16-5-10-23(11-6-16)12-7-18(25)22-17-4-3-8-20-14-17/h3-4,8-9,13-16H,5-7,10-12H2,1-2H3,(H,22,25). The summed E-state index contributed by atoms with van der Waals surface area (Å²) in [7, 11) is 0. The predicted octanol–water partition coefficient (Wildman–Crippen LogP) is 3.07. The Morgan fingerprint density at radius 1 is 1.32 bits per heavy atom. The fourth-order valence-electron chi connectivity index (χ4n) is 3.41. The number of anilines is 1. The van der Waals surface area contributed by atoms with E-state index in [1.807, 2.05) is 18.3 Å². The molecule has 0 aliphatic carbocycles. The van der Waals surface area contributed by atoms with Crippen LogP contribution in [0.4, 0.5) is 5.69 Å². The van der Waals surface area contributed by atoms with Crippen LogP contribution < -0.4 is 5.32 Å². The Morgan fingerprint density at radius 3 is 2.80 bits per heavy atom. The van der Waals surface area contributed by atoms with Crippen LogP contribution in [0.1, 0.15) is 50.9 Å². The molecule has 0 atom stereocenters. The molecule has 0 saturated carbocycles. The summed E-state index contributed by atoms with van der Waals surface area (Å²) in [4.78, 5) is 23.0. The van der Waals surface area contributed by atoms with Crippen molar-refractivity contribution in [3.05, 3.63) is 42.7 Å². The van der Waals surface area contributed by atoms with Crippen LogP contribution in [0.5, 0.6) is 0 Å². The average molecular weight is 341 g/mol. The van der Waals surface area contributed by atoms with Crippen LogP contribution in [-0.2, 0) is 4.79 Å². The van der Waals surface area contributed by atoms with Gasteiger partial charge in [-0.25, -0.2) is 4.98 Å². The number of likely N-dealkylation sites (tertiary alicyclic amines) is 1. The largest absolute Gasteiger partial charge is 0.332 e. The van der Waals surface area contributed by atoms with Gasteiger partial charge in [0.1, 0.15) is 5.82 Å². The monoisotopic (exact) mass is 341 g/mol. The molecule has 134 valence electrons. The molecule has 2 aromatic rings. The van der Waals surface area contributed by atoms with Crippen LogP contribution in [0.25, 0.3) is 0 Å². The molecule has 0 radical (unpaired) electrons. The maximum absolute atomic E-state index is 12.0. The molecule has 6 nitrogen and oxygen atoms in total. The number of carbonyl (C=O) groups excluding carboxylic acids is 1. The fourth-order valence-corrected chi connectivity index (χ4v) is 3.41. The molecule has 1 aliphatic rings. The number of nitrogens with zero attached hydrogens (tertiary/aromatic N) is 4. The summed E-state index contributed by atoms with van der Waals surface area (Å²) in [5.41, 5.74) is 0.756. The number of aromatic nitrogens is 3. The van der Waals surface area contributed by atoms with Crippen LogP contribution in [0, 0.1) is 0 Å². The molecule has 2 aromatic heterocycles. The van der Waals surface area contributed by atoms with E-state index in [9.17, 15) is 4.79 Å². The number of piperidine rings is 1. The van der Waals surface area contributed by atoms with Crippen LogP contribution in [0.2, 0.25) is 0 Å². The summed E-state index contributed by atoms with van der Waals surface area (Å²) in [6.45, 7) is 7.24. The van der Waals surface area contributed by atoms with Crippen LogP contribution in [0.3, 0.4) is 0 Å². The van der Waals surface area contributed by atoms with E-state index in [0.717, 1.165) is 38.2 Å². The Balaban J connectivity index is 1.43. The van der Waals surface area contributed by atoms with Gasteiger partial charge < -0.3 is 14.8 Å². The molecular formula is C19H27N5O. The summed E-state index contributed by atoms with van der Waals surface area (Å²) >= 11 is 0. The van der Waals surface area contributed by atoms with Gasteiger partial charge >= 0.3 is 0 Å². The molecule has 1 fully saturated rings. The molecule has 0 bridgehead atoms. The zero-order valence-electron chi connectivity index (χ0n) is 15.1. The van der Waals surface area contributed by atoms with E-state index in [1.54, 1.807) is 12.4 Å². The summed E-state index contributed by atoms with van der Waals surface area (Å²) < 4.78 is 2.28. The van der Waals surface area contributed by atoms with E-state index < -0.39 is 0 Å². The van der Waals surface area contributed by atoms with E-state index in [0.29, 0.717) is 18.4 Å². The minimum atomic E-state index is 0.0467. The fraction of sp³-hybridized carbons (Fsp3) is 0.526. The van der Waals surface area contributed by atoms with Gasteiger partial charge in [0.05, 0.1) is 11.9 Å². The SMILES string of the molecule is CC(C)n1ccnc1C1CCN(CCC(=O)Nc2cccnc2)CC1. The normalized spacial score (nSPS) is 16.3. The minimum Gasteiger partial charge on any atom is -0.332 e. The average Bonchev–Trinajstić information content (AvgIpc) is 3.11. The summed E-state index contributed by atoms with van der Waals surface area (Å²) in [6, 6.07) is 4.13. The molecule has 3 heterocycles. The van der Waals surface area contributed by atoms with Crippen molar-refractivity contribution in [3.63, 3.8) is 0 Å². The van der Waals surface area contributed by atoms with Crippen molar-refractivity contribution >= 4 is 11.6 Å². The van der Waals surface area contributed by atoms with Crippen molar-refractivity contribution in [1.82, 2.24) is 19.4 Å². The summed E-state index contributed by atoms with van der Waals surface area (Å²) in [6.07, 6.45) is 10.1. The van der Waals surface area contributed by atoms with Crippen molar-refractivity contribution in [2.45, 2.75) is 45.1 Å². The molecule has 0 spiro atoms. The Bertz CT molecular complexity index is 674. The molecule has 6 heteroatoms. The Labute approximate surface area is 149 Å². The molecule has 1 N–H and O–H groups in total. The molecular weight excluding hydrogens is 314 g/mol. The van der Waals surface area contributed by atoms with Gasteiger partial charge in [0.25, 0.3) is 0 Å². The molecule has 1 amide bonds. The van der Waals surface area contributed by atoms with Crippen molar-refractivity contribution in [1.29, 1.82) is 0 Å². The van der Waals surface area contributed by atoms with E-state index in [2.05, 4.69) is 44.8 Å². The van der Waals surface area contributed by atoms with E-state index in [1.165, 1.54) is 5.82 Å². The lowest BCUT2D eigenvalue weighted by Gasteiger charge is -2.32. The van der Waals surface area contributed by atoms with E-state index in [-0.39, 0.29) is 5.91 Å². The number of carbonyl (C=O) groups is 1. The highest BCUT2D eigenvalue weighted by atomic mass is 16.1. The van der Waals surface area contributed by atoms with Crippen molar-refractivity contribution < 1.29 is 4.79 Å². The van der Waals surface area contributed by atoms with E-state index in [4.69, 9.17) is 0 Å². The van der Waals surface area contributed by atoms with E-state index >= 15 is 0 Å². The predicted molar refractivity (Wildman–Crippen MR) is 98.5 cm³/mol. The highest BCUT2D eigenvalue weighted by Crippen LogP contribution is 2.28. The summed E-state index contributed by atoms with van der Waals surface area (Å²) in [5, 5.41) is 2.89. The molecule has 3 rings (SSSR count). The first-order valence-corrected chi connectivity index (χ1v) is 9.08. The number of rotatable bonds is 6. The number of imidazole rings is 1. The van der Waals surface area contributed by atoms with Crippen molar-refractivity contribution in [3.8, 4) is 0 Å². The van der Waals surface area contributed by atoms with Gasteiger partial charge in [-0.15, -0.1) is 0 Å². The van der Waals surface area contributed by atoms with Gasteiger partial charge in [0.2, 0.25) is 5.91 Å². The maximum atomic E-state index is 12.0. The van der Waals surface area contributed by atoms with Crippen LogP contribution in [0.15, 0.2) is 36.9 Å². The molecule has 0 aromatic carbocycles. The highest BCUT2D eigenvalue weighted by Gasteiger charge is 2.24. The first kappa shape index (κ1) is 17.6. The lowest BCUT2D eigenvalue weighted by Crippen LogP contribution is -2.35. The zero-order valence-corrected chi connectivity index (χ0v) is 15.1. The Morgan fingerprint density at radius 2 is 2.12 bits per heavy atom. The van der Waals surface area contributed by atoms with Crippen LogP contribution >= 0.6 is 0 Å². The number of hydrogen-bond acceptors (Lipinski definition) is 4. The molecule has 1 saturated heterocycles. The minimum absolute atomic E-state index is 0.0467. The molecule has 1 aliphatic heterocycles. The maximum Gasteiger partial charge on any atom is 0.225 e. The number of amides is 1. The van der Waals surface area contributed by atoms with Gasteiger partial charge in [-0.2, -0.15) is 0 Å². The second kappa shape index (κ2) is 8.25. The van der Waals surface area contributed by atoms with Gasteiger partial charge in [0, 0.05) is 43.5 Å². The van der Waals surface area contributed by atoms with Crippen molar-refractivity contribution in [2.75, 3.05) is 25.0 Å². The Kier molecular flexibility index (Phi) is 5.81. The lowest BCUT2D eigenvalue weighted by molar-refractivity contribution is -0.116. The third-order valence-corrected chi connectivity index (χ3v) is 4.81. The van der Waals surface area contributed by atoms with Gasteiger partial charge in [0.15, 0.2) is 0 Å². The number of nitrogens with one attached hydrogen (secondary N) is 1. The quantitative estimate of drug-likeness (QED) is 0.877. The smallest absolute Gasteiger partial charge is 0.225 e. The third kappa shape index (κ3) is 4.66. The number of hydrogen-bond donors (Lipinski definition) is 1. The van der Waals surface area contributed by atoms with Crippen molar-refractivity contribution in [2.24, 2.45) is 0 Å².